The van der Waals surface area contributed by atoms with Crippen molar-refractivity contribution in [3.63, 3.8) is 0 Å². The Bertz CT molecular complexity index is 878. The fraction of sp³-hybridized carbons (Fsp3) is 0.263. The number of nitrogens with zero attached hydrogens (tertiary/aromatic N) is 1. The van der Waals surface area contributed by atoms with Crippen LogP contribution in [-0.4, -0.2) is 24.1 Å². The van der Waals surface area contributed by atoms with Crippen molar-refractivity contribution in [2.45, 2.75) is 19.0 Å². The molecule has 1 aliphatic heterocycles. The molecule has 2 aromatic rings. The number of benzene rings is 2. The number of primary amides is 1. The molecule has 28 heavy (non-hydrogen) atoms. The van der Waals surface area contributed by atoms with E-state index in [2.05, 4.69) is 10.6 Å². The van der Waals surface area contributed by atoms with E-state index >= 15 is 0 Å². The van der Waals surface area contributed by atoms with E-state index in [0.29, 0.717) is 16.9 Å². The first-order chi connectivity index (χ1) is 13.2. The Kier molecular flexibility index (Phi) is 5.73. The number of halogens is 3. The van der Waals surface area contributed by atoms with Gasteiger partial charge in [-0.1, -0.05) is 0 Å². The molecule has 0 aliphatic carbocycles. The van der Waals surface area contributed by atoms with Gasteiger partial charge in [-0.15, -0.1) is 0 Å². The minimum atomic E-state index is -4.45. The Labute approximate surface area is 165 Å². The minimum absolute atomic E-state index is 0.138. The maximum absolute atomic E-state index is 13.3. The third-order valence-corrected chi connectivity index (χ3v) is 4.61. The summed E-state index contributed by atoms with van der Waals surface area (Å²) < 4.78 is 39.9. The second kappa shape index (κ2) is 8.05. The van der Waals surface area contributed by atoms with E-state index in [0.717, 1.165) is 38.1 Å². The quantitative estimate of drug-likeness (QED) is 0.661. The maximum atomic E-state index is 13.3. The van der Waals surface area contributed by atoms with Crippen molar-refractivity contribution < 1.29 is 18.0 Å². The minimum Gasteiger partial charge on any atom is -0.371 e. The first-order valence-electron chi connectivity index (χ1n) is 8.67. The van der Waals surface area contributed by atoms with Gasteiger partial charge in [-0.05, 0) is 67.5 Å². The molecule has 0 atom stereocenters. The van der Waals surface area contributed by atoms with Crippen LogP contribution in [0.4, 0.5) is 30.2 Å². The fourth-order valence-corrected chi connectivity index (χ4v) is 3.25. The molecule has 3 rings (SSSR count). The molecule has 0 unspecified atom stereocenters. The number of nitrogens with two attached hydrogens (primary N) is 1. The van der Waals surface area contributed by atoms with Gasteiger partial charge in [0.25, 0.3) is 0 Å². The van der Waals surface area contributed by atoms with Crippen molar-refractivity contribution in [2.75, 3.05) is 28.6 Å². The number of hydrogen-bond acceptors (Lipinski definition) is 3. The molecule has 1 saturated heterocycles. The normalized spacial score (nSPS) is 14.0. The Hall–Kier alpha value is -2.81. The average molecular weight is 408 g/mol. The summed E-state index contributed by atoms with van der Waals surface area (Å²) in [5.41, 5.74) is 6.15. The molecular weight excluding hydrogens is 389 g/mol. The van der Waals surface area contributed by atoms with Crippen LogP contribution in [0.15, 0.2) is 42.5 Å². The zero-order valence-corrected chi connectivity index (χ0v) is 15.7. The molecule has 2 aromatic carbocycles. The van der Waals surface area contributed by atoms with Crippen LogP contribution in [0.25, 0.3) is 0 Å². The molecule has 0 spiro atoms. The lowest BCUT2D eigenvalue weighted by Gasteiger charge is -2.21. The van der Waals surface area contributed by atoms with Crippen LogP contribution in [0.1, 0.15) is 28.8 Å². The molecular formula is C19H19F3N4OS. The van der Waals surface area contributed by atoms with Gasteiger partial charge < -0.3 is 21.3 Å². The summed E-state index contributed by atoms with van der Waals surface area (Å²) in [7, 11) is 0. The highest BCUT2D eigenvalue weighted by Crippen LogP contribution is 2.35. The summed E-state index contributed by atoms with van der Waals surface area (Å²) in [5.74, 6) is -0.550. The number of alkyl halides is 3. The zero-order valence-electron chi connectivity index (χ0n) is 14.8. The first kappa shape index (κ1) is 19.9. The van der Waals surface area contributed by atoms with Gasteiger partial charge in [-0.3, -0.25) is 4.79 Å². The number of nitrogens with one attached hydrogen (secondary N) is 2. The lowest BCUT2D eigenvalue weighted by molar-refractivity contribution is -0.137. The molecule has 1 aliphatic rings. The predicted molar refractivity (Wildman–Crippen MR) is 108 cm³/mol. The summed E-state index contributed by atoms with van der Waals surface area (Å²) in [6.45, 7) is 1.46. The molecule has 4 N–H and O–H groups in total. The van der Waals surface area contributed by atoms with E-state index in [1.165, 1.54) is 12.1 Å². The van der Waals surface area contributed by atoms with Crippen LogP contribution in [0, 0.1) is 0 Å². The van der Waals surface area contributed by atoms with E-state index in [9.17, 15) is 18.0 Å². The molecule has 0 radical (unpaired) electrons. The average Bonchev–Trinajstić information content (AvgIpc) is 3.15. The summed E-state index contributed by atoms with van der Waals surface area (Å²) in [5, 5.41) is 5.82. The Morgan fingerprint density at radius 3 is 2.18 bits per heavy atom. The topological polar surface area (TPSA) is 70.4 Å². The van der Waals surface area contributed by atoms with E-state index in [1.807, 2.05) is 4.90 Å². The molecule has 148 valence electrons. The van der Waals surface area contributed by atoms with Crippen LogP contribution in [0.5, 0.6) is 0 Å². The van der Waals surface area contributed by atoms with Gasteiger partial charge in [-0.25, -0.2) is 0 Å². The molecule has 1 fully saturated rings. The predicted octanol–water partition coefficient (Wildman–Crippen LogP) is 4.21. The van der Waals surface area contributed by atoms with Crippen molar-refractivity contribution in [2.24, 2.45) is 5.73 Å². The smallest absolute Gasteiger partial charge is 0.371 e. The van der Waals surface area contributed by atoms with Crippen LogP contribution in [-0.2, 0) is 6.18 Å². The van der Waals surface area contributed by atoms with Crippen LogP contribution >= 0.6 is 12.2 Å². The monoisotopic (exact) mass is 408 g/mol. The van der Waals surface area contributed by atoms with Gasteiger partial charge in [0.2, 0.25) is 5.91 Å². The SMILES string of the molecule is NC(=O)c1ccc(NC(=S)Nc2cc(N3CCCC3)cc(C(F)(F)F)c2)cc1. The maximum Gasteiger partial charge on any atom is 0.416 e. The molecule has 1 amide bonds. The molecule has 5 nitrogen and oxygen atoms in total. The van der Waals surface area contributed by atoms with E-state index < -0.39 is 17.6 Å². The molecule has 0 aromatic heterocycles. The highest BCUT2D eigenvalue weighted by Gasteiger charge is 2.32. The van der Waals surface area contributed by atoms with E-state index in [4.69, 9.17) is 18.0 Å². The Morgan fingerprint density at radius 2 is 1.61 bits per heavy atom. The first-order valence-corrected chi connectivity index (χ1v) is 9.08. The van der Waals surface area contributed by atoms with E-state index in [-0.39, 0.29) is 10.8 Å². The third kappa shape index (κ3) is 4.92. The van der Waals surface area contributed by atoms with Gasteiger partial charge in [0.1, 0.15) is 0 Å². The number of anilines is 3. The summed E-state index contributed by atoms with van der Waals surface area (Å²) in [6, 6.07) is 10.1. The number of carbonyl (C=O) groups excluding carboxylic acids is 1. The molecule has 0 bridgehead atoms. The number of carbonyl (C=O) groups is 1. The highest BCUT2D eigenvalue weighted by molar-refractivity contribution is 7.80. The number of hydrogen-bond donors (Lipinski definition) is 3. The largest absolute Gasteiger partial charge is 0.416 e. The third-order valence-electron chi connectivity index (χ3n) is 4.40. The Balaban J connectivity index is 1.77. The van der Waals surface area contributed by atoms with Crippen LogP contribution < -0.4 is 21.3 Å². The second-order valence-corrected chi connectivity index (χ2v) is 6.89. The number of rotatable bonds is 4. The van der Waals surface area contributed by atoms with Gasteiger partial charge >= 0.3 is 6.18 Å². The van der Waals surface area contributed by atoms with Gasteiger partial charge in [0.15, 0.2) is 5.11 Å². The second-order valence-electron chi connectivity index (χ2n) is 6.48. The van der Waals surface area contributed by atoms with Gasteiger partial charge in [-0.2, -0.15) is 13.2 Å². The molecule has 9 heteroatoms. The van der Waals surface area contributed by atoms with Crippen molar-refractivity contribution in [3.05, 3.63) is 53.6 Å². The number of thiocarbonyl (C=S) groups is 1. The van der Waals surface area contributed by atoms with Crippen LogP contribution in [0.2, 0.25) is 0 Å². The van der Waals surface area contributed by atoms with Gasteiger partial charge in [0.05, 0.1) is 5.56 Å². The van der Waals surface area contributed by atoms with Crippen molar-refractivity contribution in [1.29, 1.82) is 0 Å². The van der Waals surface area contributed by atoms with Gasteiger partial charge in [0, 0.05) is 35.7 Å². The molecule has 0 saturated carbocycles. The van der Waals surface area contributed by atoms with Crippen molar-refractivity contribution in [3.8, 4) is 0 Å². The Morgan fingerprint density at radius 1 is 1.00 bits per heavy atom. The van der Waals surface area contributed by atoms with E-state index in [1.54, 1.807) is 18.2 Å². The van der Waals surface area contributed by atoms with Crippen molar-refractivity contribution in [1.82, 2.24) is 0 Å². The van der Waals surface area contributed by atoms with Crippen molar-refractivity contribution >= 4 is 40.3 Å². The lowest BCUT2D eigenvalue weighted by atomic mass is 10.1. The summed E-state index contributed by atoms with van der Waals surface area (Å²) in [4.78, 5) is 13.0. The zero-order chi connectivity index (χ0) is 20.3. The summed E-state index contributed by atoms with van der Waals surface area (Å²) >= 11 is 5.21. The summed E-state index contributed by atoms with van der Waals surface area (Å²) in [6.07, 6.45) is -2.54. The molecule has 1 heterocycles. The van der Waals surface area contributed by atoms with Crippen LogP contribution in [0.3, 0.4) is 0 Å². The highest BCUT2D eigenvalue weighted by atomic mass is 32.1. The number of amides is 1. The lowest BCUT2D eigenvalue weighted by Crippen LogP contribution is -2.22. The standard InChI is InChI=1S/C19H19F3N4OS/c20-19(21,22)13-9-15(11-16(10-13)26-7-1-2-8-26)25-18(28)24-14-5-3-12(4-6-14)17(23)27/h3-6,9-11H,1-2,7-8H2,(H2,23,27)(H2,24,25,28). The fourth-order valence-electron chi connectivity index (χ4n) is 3.02.